The molecule has 2 aliphatic heterocycles. The predicted molar refractivity (Wildman–Crippen MR) is 93.6 cm³/mol. The maximum Gasteiger partial charge on any atom is 0.317 e. The molecule has 0 atom stereocenters. The lowest BCUT2D eigenvalue weighted by atomic mass is 10.0. The van der Waals surface area contributed by atoms with E-state index in [9.17, 15) is 14.4 Å². The SMILES string of the molecule is O=C(c1cc2ccccc2c(=O)[nH]1)N1CCC(N2CCNC2=O)CC1. The van der Waals surface area contributed by atoms with E-state index in [0.717, 1.165) is 24.8 Å². The van der Waals surface area contributed by atoms with Crippen LogP contribution in [-0.4, -0.2) is 58.9 Å². The minimum atomic E-state index is -0.245. The molecule has 7 nitrogen and oxygen atoms in total. The second kappa shape index (κ2) is 6.23. The van der Waals surface area contributed by atoms with Gasteiger partial charge in [-0.1, -0.05) is 18.2 Å². The molecule has 2 saturated heterocycles. The Bertz CT molecular complexity index is 883. The van der Waals surface area contributed by atoms with Gasteiger partial charge in [0, 0.05) is 37.6 Å². The standard InChI is InChI=1S/C18H20N4O3/c23-16-14-4-2-1-3-12(14)11-15(20-16)17(24)21-8-5-13(6-9-21)22-10-7-19-18(22)25/h1-4,11,13H,5-10H2,(H,19,25)(H,20,23). The number of amides is 3. The summed E-state index contributed by atoms with van der Waals surface area (Å²) >= 11 is 0. The Morgan fingerprint density at radius 3 is 2.56 bits per heavy atom. The van der Waals surface area contributed by atoms with Crippen LogP contribution in [0, 0.1) is 0 Å². The maximum absolute atomic E-state index is 12.8. The van der Waals surface area contributed by atoms with Gasteiger partial charge >= 0.3 is 6.03 Å². The van der Waals surface area contributed by atoms with Gasteiger partial charge in [-0.05, 0) is 30.4 Å². The molecule has 2 fully saturated rings. The van der Waals surface area contributed by atoms with Crippen molar-refractivity contribution in [2.24, 2.45) is 0 Å². The number of pyridine rings is 1. The van der Waals surface area contributed by atoms with Crippen molar-refractivity contribution >= 4 is 22.7 Å². The van der Waals surface area contributed by atoms with Gasteiger partial charge in [-0.2, -0.15) is 0 Å². The highest BCUT2D eigenvalue weighted by Crippen LogP contribution is 2.20. The topological polar surface area (TPSA) is 85.5 Å². The van der Waals surface area contributed by atoms with Crippen molar-refractivity contribution in [3.05, 3.63) is 46.4 Å². The van der Waals surface area contributed by atoms with Crippen molar-refractivity contribution in [2.75, 3.05) is 26.2 Å². The van der Waals surface area contributed by atoms with E-state index in [-0.39, 0.29) is 23.5 Å². The molecule has 3 heterocycles. The Balaban J connectivity index is 1.49. The Morgan fingerprint density at radius 1 is 1.08 bits per heavy atom. The number of aromatic amines is 1. The van der Waals surface area contributed by atoms with E-state index in [2.05, 4.69) is 10.3 Å². The number of nitrogens with one attached hydrogen (secondary N) is 2. The highest BCUT2D eigenvalue weighted by atomic mass is 16.2. The van der Waals surface area contributed by atoms with Gasteiger partial charge in [-0.3, -0.25) is 9.59 Å². The molecular formula is C18H20N4O3. The van der Waals surface area contributed by atoms with Gasteiger partial charge in [0.2, 0.25) is 0 Å². The van der Waals surface area contributed by atoms with Crippen molar-refractivity contribution in [1.82, 2.24) is 20.1 Å². The molecule has 0 spiro atoms. The fourth-order valence-electron chi connectivity index (χ4n) is 3.71. The van der Waals surface area contributed by atoms with Crippen molar-refractivity contribution < 1.29 is 9.59 Å². The van der Waals surface area contributed by atoms with Gasteiger partial charge in [0.25, 0.3) is 11.5 Å². The van der Waals surface area contributed by atoms with E-state index in [4.69, 9.17) is 0 Å². The highest BCUT2D eigenvalue weighted by molar-refractivity contribution is 5.96. The van der Waals surface area contributed by atoms with Gasteiger partial charge in [-0.25, -0.2) is 4.79 Å². The molecule has 0 radical (unpaired) electrons. The Labute approximate surface area is 144 Å². The number of rotatable bonds is 2. The van der Waals surface area contributed by atoms with Crippen LogP contribution in [0.2, 0.25) is 0 Å². The smallest absolute Gasteiger partial charge is 0.317 e. The van der Waals surface area contributed by atoms with Gasteiger partial charge in [-0.15, -0.1) is 0 Å². The fraction of sp³-hybridized carbons (Fsp3) is 0.389. The number of hydrogen-bond acceptors (Lipinski definition) is 3. The normalized spacial score (nSPS) is 18.6. The summed E-state index contributed by atoms with van der Waals surface area (Å²) in [5.74, 6) is -0.160. The zero-order chi connectivity index (χ0) is 17.4. The summed E-state index contributed by atoms with van der Waals surface area (Å²) in [7, 11) is 0. The molecule has 0 bridgehead atoms. The van der Waals surface area contributed by atoms with Crippen LogP contribution < -0.4 is 10.9 Å². The Morgan fingerprint density at radius 2 is 1.84 bits per heavy atom. The summed E-state index contributed by atoms with van der Waals surface area (Å²) < 4.78 is 0. The molecule has 1 aromatic carbocycles. The first-order chi connectivity index (χ1) is 12.1. The summed E-state index contributed by atoms with van der Waals surface area (Å²) in [6, 6.07) is 9.14. The number of urea groups is 1. The highest BCUT2D eigenvalue weighted by Gasteiger charge is 2.32. The second-order valence-corrected chi connectivity index (χ2v) is 6.55. The molecule has 7 heteroatoms. The lowest BCUT2D eigenvalue weighted by Crippen LogP contribution is -2.48. The molecule has 25 heavy (non-hydrogen) atoms. The molecule has 2 aromatic rings. The van der Waals surface area contributed by atoms with Crippen LogP contribution in [0.15, 0.2) is 35.1 Å². The van der Waals surface area contributed by atoms with Gasteiger partial charge in [0.1, 0.15) is 5.69 Å². The first kappa shape index (κ1) is 15.7. The van der Waals surface area contributed by atoms with Crippen molar-refractivity contribution in [3.8, 4) is 0 Å². The second-order valence-electron chi connectivity index (χ2n) is 6.55. The lowest BCUT2D eigenvalue weighted by molar-refractivity contribution is 0.0660. The van der Waals surface area contributed by atoms with Crippen molar-refractivity contribution in [1.29, 1.82) is 0 Å². The quantitative estimate of drug-likeness (QED) is 0.860. The summed E-state index contributed by atoms with van der Waals surface area (Å²) in [5, 5.41) is 4.16. The van der Waals surface area contributed by atoms with Crippen LogP contribution in [0.4, 0.5) is 4.79 Å². The van der Waals surface area contributed by atoms with Crippen LogP contribution in [-0.2, 0) is 0 Å². The number of likely N-dealkylation sites (tertiary alicyclic amines) is 1. The van der Waals surface area contributed by atoms with Crippen molar-refractivity contribution in [3.63, 3.8) is 0 Å². The molecular weight excluding hydrogens is 320 g/mol. The van der Waals surface area contributed by atoms with E-state index >= 15 is 0 Å². The number of nitrogens with zero attached hydrogens (tertiary/aromatic N) is 2. The van der Waals surface area contributed by atoms with Gasteiger partial charge in [0.15, 0.2) is 0 Å². The van der Waals surface area contributed by atoms with Gasteiger partial charge < -0.3 is 20.1 Å². The maximum atomic E-state index is 12.8. The molecule has 130 valence electrons. The summed E-state index contributed by atoms with van der Waals surface area (Å²) in [4.78, 5) is 43.0. The number of carbonyl (C=O) groups is 2. The van der Waals surface area contributed by atoms with Crippen LogP contribution in [0.3, 0.4) is 0 Å². The van der Waals surface area contributed by atoms with E-state index in [1.165, 1.54) is 0 Å². The monoisotopic (exact) mass is 340 g/mol. The Kier molecular flexibility index (Phi) is 3.91. The zero-order valence-corrected chi connectivity index (χ0v) is 13.8. The van der Waals surface area contributed by atoms with E-state index in [1.807, 2.05) is 17.0 Å². The zero-order valence-electron chi connectivity index (χ0n) is 13.8. The first-order valence-electron chi connectivity index (χ1n) is 8.59. The largest absolute Gasteiger partial charge is 0.337 e. The first-order valence-corrected chi connectivity index (χ1v) is 8.59. The van der Waals surface area contributed by atoms with E-state index in [1.54, 1.807) is 23.1 Å². The molecule has 3 amide bonds. The number of aromatic nitrogens is 1. The third-order valence-corrected chi connectivity index (χ3v) is 5.07. The van der Waals surface area contributed by atoms with Crippen LogP contribution in [0.25, 0.3) is 10.8 Å². The molecule has 2 aliphatic rings. The van der Waals surface area contributed by atoms with Gasteiger partial charge in [0.05, 0.1) is 0 Å². The van der Waals surface area contributed by atoms with Crippen LogP contribution >= 0.6 is 0 Å². The number of piperidine rings is 1. The number of benzene rings is 1. The third kappa shape index (κ3) is 2.86. The number of fused-ring (bicyclic) bond motifs is 1. The molecule has 2 N–H and O–H groups in total. The average molecular weight is 340 g/mol. The predicted octanol–water partition coefficient (Wildman–Crippen LogP) is 1.16. The summed E-state index contributed by atoms with van der Waals surface area (Å²) in [6.07, 6.45) is 1.52. The lowest BCUT2D eigenvalue weighted by Gasteiger charge is -2.36. The minimum Gasteiger partial charge on any atom is -0.337 e. The van der Waals surface area contributed by atoms with Crippen LogP contribution in [0.5, 0.6) is 0 Å². The molecule has 1 aromatic heterocycles. The number of hydrogen-bond donors (Lipinski definition) is 2. The molecule has 4 rings (SSSR count). The summed E-state index contributed by atoms with van der Waals surface area (Å²) in [5.41, 5.74) is 0.0751. The van der Waals surface area contributed by atoms with Crippen LogP contribution in [0.1, 0.15) is 23.3 Å². The van der Waals surface area contributed by atoms with Crippen molar-refractivity contribution in [2.45, 2.75) is 18.9 Å². The number of H-pyrrole nitrogens is 1. The average Bonchev–Trinajstić information content (AvgIpc) is 3.07. The molecule has 0 unspecified atom stereocenters. The third-order valence-electron chi connectivity index (χ3n) is 5.07. The van der Waals surface area contributed by atoms with E-state index in [0.29, 0.717) is 30.7 Å². The summed E-state index contributed by atoms with van der Waals surface area (Å²) in [6.45, 7) is 2.59. The molecule has 0 aliphatic carbocycles. The Hall–Kier alpha value is -2.83. The number of carbonyl (C=O) groups excluding carboxylic acids is 2. The fourth-order valence-corrected chi connectivity index (χ4v) is 3.71. The minimum absolute atomic E-state index is 0.0105. The molecule has 0 saturated carbocycles. The van der Waals surface area contributed by atoms with E-state index < -0.39 is 0 Å².